The van der Waals surface area contributed by atoms with Crippen LogP contribution in [0.3, 0.4) is 0 Å². The molecule has 0 unspecified atom stereocenters. The molecule has 2 N–H and O–H groups in total. The zero-order chi connectivity index (χ0) is 22.5. The maximum atomic E-state index is 13.7. The Kier molecular flexibility index (Phi) is 6.21. The first-order valence-electron chi connectivity index (χ1n) is 10.0. The SMILES string of the molecule is COc1cccc2c(C(=O)CCc3cccc(COc4ccccc4F)n3)nc(N)nc12. The number of aromatic nitrogens is 3. The van der Waals surface area contributed by atoms with E-state index in [1.54, 1.807) is 42.5 Å². The molecule has 0 fully saturated rings. The Morgan fingerprint density at radius 2 is 1.69 bits per heavy atom. The van der Waals surface area contributed by atoms with E-state index in [-0.39, 0.29) is 36.2 Å². The van der Waals surface area contributed by atoms with Crippen molar-refractivity contribution in [3.05, 3.63) is 83.6 Å². The number of hydrogen-bond donors (Lipinski definition) is 1. The highest BCUT2D eigenvalue weighted by Gasteiger charge is 2.17. The highest BCUT2D eigenvalue weighted by molar-refractivity contribution is 6.07. The van der Waals surface area contributed by atoms with E-state index in [0.29, 0.717) is 28.8 Å². The molecule has 32 heavy (non-hydrogen) atoms. The Morgan fingerprint density at radius 1 is 0.938 bits per heavy atom. The Balaban J connectivity index is 1.47. The van der Waals surface area contributed by atoms with Gasteiger partial charge in [-0.1, -0.05) is 30.3 Å². The molecule has 2 aromatic heterocycles. The zero-order valence-electron chi connectivity index (χ0n) is 17.4. The van der Waals surface area contributed by atoms with Crippen molar-refractivity contribution in [1.29, 1.82) is 0 Å². The number of nitrogen functional groups attached to an aromatic ring is 1. The van der Waals surface area contributed by atoms with Gasteiger partial charge in [-0.3, -0.25) is 9.78 Å². The van der Waals surface area contributed by atoms with Crippen molar-refractivity contribution in [1.82, 2.24) is 15.0 Å². The van der Waals surface area contributed by atoms with E-state index < -0.39 is 5.82 Å². The van der Waals surface area contributed by atoms with Gasteiger partial charge in [-0.25, -0.2) is 14.4 Å². The van der Waals surface area contributed by atoms with Gasteiger partial charge in [0.1, 0.15) is 23.6 Å². The summed E-state index contributed by atoms with van der Waals surface area (Å²) in [6, 6.07) is 16.9. The number of ketones is 1. The molecule has 4 aromatic rings. The van der Waals surface area contributed by atoms with Crippen LogP contribution in [0.1, 0.15) is 28.3 Å². The second-order valence-corrected chi connectivity index (χ2v) is 7.05. The fraction of sp³-hybridized carbons (Fsp3) is 0.167. The first-order chi connectivity index (χ1) is 15.5. The van der Waals surface area contributed by atoms with E-state index in [1.807, 2.05) is 12.1 Å². The number of nitrogens with zero attached hydrogens (tertiary/aromatic N) is 3. The van der Waals surface area contributed by atoms with E-state index in [1.165, 1.54) is 13.2 Å². The molecule has 0 atom stereocenters. The Morgan fingerprint density at radius 3 is 2.50 bits per heavy atom. The number of carbonyl (C=O) groups excluding carboxylic acids is 1. The minimum absolute atomic E-state index is 0.00997. The van der Waals surface area contributed by atoms with Crippen LogP contribution in [-0.4, -0.2) is 27.8 Å². The maximum Gasteiger partial charge on any atom is 0.221 e. The third kappa shape index (κ3) is 4.64. The number of benzene rings is 2. The van der Waals surface area contributed by atoms with Gasteiger partial charge in [-0.2, -0.15) is 0 Å². The number of rotatable bonds is 8. The number of hydrogen-bond acceptors (Lipinski definition) is 7. The van der Waals surface area contributed by atoms with Gasteiger partial charge in [-0.05, 0) is 36.8 Å². The van der Waals surface area contributed by atoms with E-state index in [4.69, 9.17) is 15.2 Å². The van der Waals surface area contributed by atoms with Crippen LogP contribution in [0.2, 0.25) is 0 Å². The van der Waals surface area contributed by atoms with E-state index in [2.05, 4.69) is 15.0 Å². The van der Waals surface area contributed by atoms with Crippen molar-refractivity contribution in [3.63, 3.8) is 0 Å². The molecule has 0 radical (unpaired) electrons. The average molecular weight is 432 g/mol. The molecule has 2 heterocycles. The normalized spacial score (nSPS) is 10.8. The van der Waals surface area contributed by atoms with Crippen LogP contribution in [0, 0.1) is 5.82 Å². The predicted molar refractivity (Wildman–Crippen MR) is 118 cm³/mol. The number of fused-ring (bicyclic) bond motifs is 1. The molecule has 0 saturated heterocycles. The first kappa shape index (κ1) is 21.2. The van der Waals surface area contributed by atoms with Crippen molar-refractivity contribution in [2.24, 2.45) is 0 Å². The Hall–Kier alpha value is -4.07. The third-order valence-corrected chi connectivity index (χ3v) is 4.88. The minimum atomic E-state index is -0.428. The fourth-order valence-corrected chi connectivity index (χ4v) is 3.34. The first-order valence-corrected chi connectivity index (χ1v) is 10.0. The van der Waals surface area contributed by atoms with E-state index in [0.717, 1.165) is 5.69 Å². The standard InChI is InChI=1S/C24H21FN4O3/c1-31-21-11-5-8-17-22(28-24(26)29-23(17)21)19(30)13-12-15-6-4-7-16(27-15)14-32-20-10-3-2-9-18(20)25/h2-11H,12-14H2,1H3,(H2,26,28,29). The molecule has 4 rings (SSSR count). The quantitative estimate of drug-likeness (QED) is 0.418. The van der Waals surface area contributed by atoms with Crippen LogP contribution in [0.5, 0.6) is 11.5 Å². The second kappa shape index (κ2) is 9.38. The summed E-state index contributed by atoms with van der Waals surface area (Å²) in [7, 11) is 1.53. The van der Waals surface area contributed by atoms with E-state index in [9.17, 15) is 9.18 Å². The number of anilines is 1. The van der Waals surface area contributed by atoms with Gasteiger partial charge in [0.05, 0.1) is 12.8 Å². The topological polar surface area (TPSA) is 100 Å². The molecular weight excluding hydrogens is 411 g/mol. The number of methoxy groups -OCH3 is 1. The second-order valence-electron chi connectivity index (χ2n) is 7.05. The zero-order valence-corrected chi connectivity index (χ0v) is 17.4. The summed E-state index contributed by atoms with van der Waals surface area (Å²) >= 11 is 0. The van der Waals surface area contributed by atoms with Crippen LogP contribution in [0.4, 0.5) is 10.3 Å². The Bertz CT molecular complexity index is 1280. The molecule has 0 bridgehead atoms. The summed E-state index contributed by atoms with van der Waals surface area (Å²) in [5.74, 6) is 0.0959. The van der Waals surface area contributed by atoms with Crippen LogP contribution < -0.4 is 15.2 Å². The van der Waals surface area contributed by atoms with Crippen LogP contribution in [-0.2, 0) is 13.0 Å². The van der Waals surface area contributed by atoms with Gasteiger partial charge < -0.3 is 15.2 Å². The van der Waals surface area contributed by atoms with Gasteiger partial charge in [0, 0.05) is 17.5 Å². The number of para-hydroxylation sites is 2. The van der Waals surface area contributed by atoms with Crippen molar-refractivity contribution >= 4 is 22.6 Å². The van der Waals surface area contributed by atoms with Crippen LogP contribution in [0.25, 0.3) is 10.9 Å². The maximum absolute atomic E-state index is 13.7. The van der Waals surface area contributed by atoms with Crippen LogP contribution in [0.15, 0.2) is 60.7 Å². The summed E-state index contributed by atoms with van der Waals surface area (Å²) in [5, 5.41) is 0.587. The summed E-state index contributed by atoms with van der Waals surface area (Å²) < 4.78 is 24.5. The molecule has 0 aliphatic heterocycles. The molecule has 7 nitrogen and oxygen atoms in total. The number of Topliss-reactive ketones (excluding diaryl/α,β-unsaturated/α-hetero) is 1. The summed E-state index contributed by atoms with van der Waals surface area (Å²) in [4.78, 5) is 25.8. The highest BCUT2D eigenvalue weighted by atomic mass is 19.1. The summed E-state index contributed by atoms with van der Waals surface area (Å²) in [6.45, 7) is 0.121. The van der Waals surface area contributed by atoms with E-state index >= 15 is 0 Å². The fourth-order valence-electron chi connectivity index (χ4n) is 3.34. The molecule has 162 valence electrons. The van der Waals surface area contributed by atoms with Gasteiger partial charge in [-0.15, -0.1) is 0 Å². The summed E-state index contributed by atoms with van der Waals surface area (Å²) in [6.07, 6.45) is 0.592. The molecule has 0 amide bonds. The molecule has 0 saturated carbocycles. The molecule has 0 spiro atoms. The van der Waals surface area contributed by atoms with Gasteiger partial charge >= 0.3 is 0 Å². The molecule has 2 aromatic carbocycles. The highest BCUT2D eigenvalue weighted by Crippen LogP contribution is 2.27. The number of aryl methyl sites for hydroxylation is 1. The van der Waals surface area contributed by atoms with Gasteiger partial charge in [0.25, 0.3) is 0 Å². The van der Waals surface area contributed by atoms with Gasteiger partial charge in [0.2, 0.25) is 5.95 Å². The molecule has 8 heteroatoms. The lowest BCUT2D eigenvalue weighted by Gasteiger charge is -2.10. The molecule has 0 aliphatic rings. The number of ether oxygens (including phenoxy) is 2. The van der Waals surface area contributed by atoms with Crippen molar-refractivity contribution < 1.29 is 18.7 Å². The van der Waals surface area contributed by atoms with Crippen LogP contribution >= 0.6 is 0 Å². The lowest BCUT2D eigenvalue weighted by atomic mass is 10.1. The molecule has 0 aliphatic carbocycles. The number of nitrogens with two attached hydrogens (primary N) is 1. The lowest BCUT2D eigenvalue weighted by molar-refractivity contribution is 0.0979. The third-order valence-electron chi connectivity index (χ3n) is 4.88. The summed E-state index contributed by atoms with van der Waals surface area (Å²) in [5.41, 5.74) is 7.93. The lowest BCUT2D eigenvalue weighted by Crippen LogP contribution is -2.10. The van der Waals surface area contributed by atoms with Gasteiger partial charge in [0.15, 0.2) is 17.3 Å². The monoisotopic (exact) mass is 432 g/mol. The number of pyridine rings is 1. The minimum Gasteiger partial charge on any atom is -0.494 e. The number of halogens is 1. The predicted octanol–water partition coefficient (Wildman–Crippen LogP) is 4.15. The van der Waals surface area contributed by atoms with Crippen molar-refractivity contribution in [3.8, 4) is 11.5 Å². The largest absolute Gasteiger partial charge is 0.494 e. The molecular formula is C24H21FN4O3. The average Bonchev–Trinajstić information content (AvgIpc) is 2.81. The number of carbonyl (C=O) groups is 1. The van der Waals surface area contributed by atoms with Crippen molar-refractivity contribution in [2.75, 3.05) is 12.8 Å². The Labute approximate surface area is 184 Å². The smallest absolute Gasteiger partial charge is 0.221 e. The van der Waals surface area contributed by atoms with Crippen molar-refractivity contribution in [2.45, 2.75) is 19.4 Å².